The molecule has 0 bridgehead atoms. The third-order valence-corrected chi connectivity index (χ3v) is 8.30. The van der Waals surface area contributed by atoms with Gasteiger partial charge in [-0.3, -0.25) is 4.79 Å². The van der Waals surface area contributed by atoms with Crippen LogP contribution >= 0.6 is 35.3 Å². The van der Waals surface area contributed by atoms with Crippen molar-refractivity contribution in [1.82, 2.24) is 0 Å². The van der Waals surface area contributed by atoms with E-state index in [9.17, 15) is 4.79 Å². The smallest absolute Gasteiger partial charge is 0.325 e. The van der Waals surface area contributed by atoms with E-state index in [2.05, 4.69) is 24.3 Å². The average Bonchev–Trinajstić information content (AvgIpc) is 3.25. The van der Waals surface area contributed by atoms with E-state index in [1.807, 2.05) is 47.8 Å². The molecule has 1 fully saturated rings. The zero-order valence-corrected chi connectivity index (χ0v) is 14.9. The zero-order chi connectivity index (χ0) is 15.6. The van der Waals surface area contributed by atoms with Crippen LogP contribution < -0.4 is 4.74 Å². The van der Waals surface area contributed by atoms with Gasteiger partial charge in [0.15, 0.2) is 0 Å². The second kappa shape index (κ2) is 6.83. The van der Waals surface area contributed by atoms with Crippen LogP contribution in [0.15, 0.2) is 53.4 Å². The fourth-order valence-corrected chi connectivity index (χ4v) is 6.77. The van der Waals surface area contributed by atoms with E-state index >= 15 is 0 Å². The number of carbonyl (C=O) groups is 1. The van der Waals surface area contributed by atoms with Gasteiger partial charge in [0.05, 0.1) is 4.58 Å². The van der Waals surface area contributed by atoms with Crippen LogP contribution in [0.3, 0.4) is 0 Å². The van der Waals surface area contributed by atoms with Crippen molar-refractivity contribution in [2.45, 2.75) is 21.1 Å². The molecule has 2 nitrogen and oxygen atoms in total. The SMILES string of the molecule is O=C(Oc1ccc(C2SCCS2)cc1)C1Cc2ccccc2S1. The van der Waals surface area contributed by atoms with Crippen molar-refractivity contribution < 1.29 is 9.53 Å². The van der Waals surface area contributed by atoms with Gasteiger partial charge in [-0.2, -0.15) is 0 Å². The summed E-state index contributed by atoms with van der Waals surface area (Å²) in [5.41, 5.74) is 2.55. The van der Waals surface area contributed by atoms with E-state index in [4.69, 9.17) is 4.74 Å². The lowest BCUT2D eigenvalue weighted by Crippen LogP contribution is -2.22. The van der Waals surface area contributed by atoms with Crippen LogP contribution in [0.4, 0.5) is 0 Å². The van der Waals surface area contributed by atoms with Gasteiger partial charge in [-0.1, -0.05) is 30.3 Å². The van der Waals surface area contributed by atoms with Crippen LogP contribution in [0.25, 0.3) is 0 Å². The number of thioether (sulfide) groups is 3. The molecule has 2 aromatic rings. The van der Waals surface area contributed by atoms with Gasteiger partial charge in [-0.25, -0.2) is 0 Å². The Morgan fingerprint density at radius 3 is 2.48 bits per heavy atom. The molecule has 0 radical (unpaired) electrons. The van der Waals surface area contributed by atoms with Gasteiger partial charge in [0.25, 0.3) is 0 Å². The Bertz CT molecular complexity index is 683. The van der Waals surface area contributed by atoms with Gasteiger partial charge in [-0.15, -0.1) is 35.3 Å². The van der Waals surface area contributed by atoms with E-state index in [1.165, 1.54) is 27.5 Å². The molecule has 4 rings (SSSR count). The molecule has 0 amide bonds. The topological polar surface area (TPSA) is 26.3 Å². The van der Waals surface area contributed by atoms with Crippen LogP contribution in [0.1, 0.15) is 15.7 Å². The van der Waals surface area contributed by atoms with Crippen molar-refractivity contribution >= 4 is 41.3 Å². The lowest BCUT2D eigenvalue weighted by atomic mass is 10.1. The first-order valence-corrected chi connectivity index (χ1v) is 10.6. The molecule has 0 aromatic heterocycles. The number of rotatable bonds is 3. The summed E-state index contributed by atoms with van der Waals surface area (Å²) >= 11 is 5.57. The highest BCUT2D eigenvalue weighted by atomic mass is 32.2. The molecule has 1 atom stereocenters. The maximum atomic E-state index is 12.4. The average molecular weight is 361 g/mol. The largest absolute Gasteiger partial charge is 0.426 e. The van der Waals surface area contributed by atoms with Gasteiger partial charge in [0, 0.05) is 16.4 Å². The maximum Gasteiger partial charge on any atom is 0.325 e. The Hall–Kier alpha value is -1.04. The number of carbonyl (C=O) groups excluding carboxylic acids is 1. The summed E-state index contributed by atoms with van der Waals surface area (Å²) in [5.74, 6) is 2.92. The molecule has 0 saturated carbocycles. The van der Waals surface area contributed by atoms with Gasteiger partial charge in [0.1, 0.15) is 11.0 Å². The number of ether oxygens (including phenoxy) is 1. The highest BCUT2D eigenvalue weighted by molar-refractivity contribution is 8.19. The third kappa shape index (κ3) is 3.42. The van der Waals surface area contributed by atoms with E-state index in [0.717, 1.165) is 6.42 Å². The predicted molar refractivity (Wildman–Crippen MR) is 99.5 cm³/mol. The molecule has 23 heavy (non-hydrogen) atoms. The van der Waals surface area contributed by atoms with Crippen LogP contribution in [0.2, 0.25) is 0 Å². The Kier molecular flexibility index (Phi) is 4.60. The minimum atomic E-state index is -0.149. The first kappa shape index (κ1) is 15.5. The molecular formula is C18H16O2S3. The summed E-state index contributed by atoms with van der Waals surface area (Å²) in [4.78, 5) is 13.6. The highest BCUT2D eigenvalue weighted by Gasteiger charge is 2.29. The van der Waals surface area contributed by atoms with Crippen LogP contribution in [0.5, 0.6) is 5.75 Å². The Morgan fingerprint density at radius 2 is 1.74 bits per heavy atom. The first-order valence-electron chi connectivity index (χ1n) is 7.59. The Balaban J connectivity index is 1.39. The molecule has 0 N–H and O–H groups in total. The summed E-state index contributed by atoms with van der Waals surface area (Å²) in [6.07, 6.45) is 0.757. The van der Waals surface area contributed by atoms with E-state index in [1.54, 1.807) is 11.8 Å². The minimum absolute atomic E-state index is 0.131. The third-order valence-electron chi connectivity index (χ3n) is 3.90. The molecule has 2 heterocycles. The summed E-state index contributed by atoms with van der Waals surface area (Å²) in [6, 6.07) is 16.2. The molecule has 0 spiro atoms. The monoisotopic (exact) mass is 360 g/mol. The number of benzene rings is 2. The number of hydrogen-bond acceptors (Lipinski definition) is 5. The quantitative estimate of drug-likeness (QED) is 0.579. The summed E-state index contributed by atoms with van der Waals surface area (Å²) in [5, 5.41) is -0.131. The normalized spacial score (nSPS) is 20.4. The summed E-state index contributed by atoms with van der Waals surface area (Å²) in [6.45, 7) is 0. The molecule has 5 heteroatoms. The second-order valence-electron chi connectivity index (χ2n) is 5.48. The lowest BCUT2D eigenvalue weighted by Gasteiger charge is -2.11. The standard InChI is InChI=1S/C18H16O2S3/c19-17(16-11-13-3-1-2-4-15(13)23-16)20-14-7-5-12(6-8-14)18-21-9-10-22-18/h1-8,16,18H,9-11H2. The van der Waals surface area contributed by atoms with Gasteiger partial charge in [0.2, 0.25) is 0 Å². The van der Waals surface area contributed by atoms with Crippen molar-refractivity contribution in [2.24, 2.45) is 0 Å². The Morgan fingerprint density at radius 1 is 1.00 bits per heavy atom. The van der Waals surface area contributed by atoms with Gasteiger partial charge >= 0.3 is 5.97 Å². The Labute approximate surface area is 148 Å². The number of fused-ring (bicyclic) bond motifs is 1. The fourth-order valence-electron chi connectivity index (χ4n) is 2.74. The molecule has 2 aliphatic rings. The van der Waals surface area contributed by atoms with Crippen molar-refractivity contribution in [3.05, 3.63) is 59.7 Å². The van der Waals surface area contributed by atoms with E-state index < -0.39 is 0 Å². The fraction of sp³-hybridized carbons (Fsp3) is 0.278. The van der Waals surface area contributed by atoms with Crippen molar-refractivity contribution in [1.29, 1.82) is 0 Å². The first-order chi connectivity index (χ1) is 11.3. The van der Waals surface area contributed by atoms with E-state index in [0.29, 0.717) is 10.3 Å². The molecule has 0 aliphatic carbocycles. The molecule has 1 unspecified atom stereocenters. The van der Waals surface area contributed by atoms with Gasteiger partial charge < -0.3 is 4.74 Å². The molecular weight excluding hydrogens is 344 g/mol. The number of hydrogen-bond donors (Lipinski definition) is 0. The van der Waals surface area contributed by atoms with E-state index in [-0.39, 0.29) is 11.2 Å². The molecule has 2 aliphatic heterocycles. The number of esters is 1. The molecule has 118 valence electrons. The van der Waals surface area contributed by atoms with Crippen LogP contribution in [-0.4, -0.2) is 22.7 Å². The van der Waals surface area contributed by atoms with Crippen LogP contribution in [0, 0.1) is 0 Å². The van der Waals surface area contributed by atoms with Crippen LogP contribution in [-0.2, 0) is 11.2 Å². The van der Waals surface area contributed by atoms with Gasteiger partial charge in [-0.05, 0) is 35.7 Å². The van der Waals surface area contributed by atoms with Crippen molar-refractivity contribution in [3.63, 3.8) is 0 Å². The second-order valence-corrected chi connectivity index (χ2v) is 9.45. The van der Waals surface area contributed by atoms with Crippen molar-refractivity contribution in [2.75, 3.05) is 11.5 Å². The summed E-state index contributed by atoms with van der Waals surface area (Å²) in [7, 11) is 0. The van der Waals surface area contributed by atoms with Crippen molar-refractivity contribution in [3.8, 4) is 5.75 Å². The minimum Gasteiger partial charge on any atom is -0.426 e. The lowest BCUT2D eigenvalue weighted by molar-refractivity contribution is -0.133. The molecule has 1 saturated heterocycles. The molecule has 2 aromatic carbocycles. The summed E-state index contributed by atoms with van der Waals surface area (Å²) < 4.78 is 6.10. The zero-order valence-electron chi connectivity index (χ0n) is 12.4. The highest BCUT2D eigenvalue weighted by Crippen LogP contribution is 2.45. The predicted octanol–water partition coefficient (Wildman–Crippen LogP) is 4.79. The maximum absolute atomic E-state index is 12.4.